The van der Waals surface area contributed by atoms with Gasteiger partial charge in [-0.05, 0) is 32.9 Å². The molecule has 82 valence electrons. The molecule has 1 saturated carbocycles. The molecule has 0 spiro atoms. The molecule has 14 heavy (non-hydrogen) atoms. The summed E-state index contributed by atoms with van der Waals surface area (Å²) in [6.07, 6.45) is 6.80. The van der Waals surface area contributed by atoms with Crippen LogP contribution in [0.25, 0.3) is 0 Å². The maximum atomic E-state index is 11.6. The van der Waals surface area contributed by atoms with E-state index in [-0.39, 0.29) is 0 Å². The third kappa shape index (κ3) is 3.79. The molecule has 1 atom stereocenters. The van der Waals surface area contributed by atoms with Crippen LogP contribution in [0.5, 0.6) is 0 Å². The molecular weight excluding hydrogens is 174 g/mol. The predicted molar refractivity (Wildman–Crippen MR) is 59.4 cm³/mol. The third-order valence-corrected chi connectivity index (χ3v) is 3.11. The molecule has 1 rings (SSSR count). The van der Waals surface area contributed by atoms with Crippen LogP contribution < -0.4 is 0 Å². The molecule has 0 bridgehead atoms. The highest BCUT2D eigenvalue weighted by molar-refractivity contribution is 5.81. The highest BCUT2D eigenvalue weighted by Gasteiger charge is 2.22. The highest BCUT2D eigenvalue weighted by atomic mass is 16.1. The number of hydrogen-bond donors (Lipinski definition) is 0. The van der Waals surface area contributed by atoms with Gasteiger partial charge in [-0.25, -0.2) is 0 Å². The highest BCUT2D eigenvalue weighted by Crippen LogP contribution is 2.21. The Morgan fingerprint density at radius 3 is 2.86 bits per heavy atom. The van der Waals surface area contributed by atoms with Crippen molar-refractivity contribution in [2.45, 2.75) is 45.4 Å². The molecule has 1 aliphatic carbocycles. The van der Waals surface area contributed by atoms with E-state index in [1.54, 1.807) is 0 Å². The minimum absolute atomic E-state index is 0.339. The predicted octanol–water partition coefficient (Wildman–Crippen LogP) is 2.48. The van der Waals surface area contributed by atoms with Crippen molar-refractivity contribution in [2.24, 2.45) is 5.92 Å². The minimum Gasteiger partial charge on any atom is -0.306 e. The molecule has 0 saturated heterocycles. The van der Waals surface area contributed by atoms with Gasteiger partial charge in [-0.2, -0.15) is 0 Å². The lowest BCUT2D eigenvalue weighted by Crippen LogP contribution is -2.32. The fourth-order valence-electron chi connectivity index (χ4n) is 2.14. The van der Waals surface area contributed by atoms with Gasteiger partial charge < -0.3 is 4.90 Å². The number of carbonyl (C=O) groups is 1. The molecule has 0 amide bonds. The number of nitrogens with zero attached hydrogens (tertiary/aromatic N) is 1. The molecule has 2 nitrogen and oxygen atoms in total. The first kappa shape index (κ1) is 11.7. The zero-order valence-electron chi connectivity index (χ0n) is 9.59. The fourth-order valence-corrected chi connectivity index (χ4v) is 2.14. The lowest BCUT2D eigenvalue weighted by atomic mass is 9.87. The van der Waals surface area contributed by atoms with Crippen LogP contribution in [0.15, 0.2) is 0 Å². The molecule has 1 fully saturated rings. The number of ketones is 1. The van der Waals surface area contributed by atoms with Crippen LogP contribution in [0.3, 0.4) is 0 Å². The smallest absolute Gasteiger partial charge is 0.137 e. The Morgan fingerprint density at radius 1 is 1.43 bits per heavy atom. The van der Waals surface area contributed by atoms with Gasteiger partial charge in [0.05, 0.1) is 0 Å². The maximum Gasteiger partial charge on any atom is 0.137 e. The van der Waals surface area contributed by atoms with Crippen LogP contribution in [-0.2, 0) is 4.79 Å². The molecule has 2 heteroatoms. The van der Waals surface area contributed by atoms with Gasteiger partial charge in [-0.15, -0.1) is 0 Å². The summed E-state index contributed by atoms with van der Waals surface area (Å²) in [5, 5.41) is 0. The van der Waals surface area contributed by atoms with Crippen molar-refractivity contribution in [3.05, 3.63) is 0 Å². The Kier molecular flexibility index (Phi) is 5.16. The van der Waals surface area contributed by atoms with E-state index in [9.17, 15) is 4.79 Å². The lowest BCUT2D eigenvalue weighted by molar-refractivity contribution is -0.125. The summed E-state index contributed by atoms with van der Waals surface area (Å²) in [7, 11) is 2.14. The van der Waals surface area contributed by atoms with Gasteiger partial charge in [0.1, 0.15) is 5.78 Å². The van der Waals surface area contributed by atoms with Gasteiger partial charge in [-0.1, -0.05) is 19.8 Å². The van der Waals surface area contributed by atoms with E-state index in [1.165, 1.54) is 19.3 Å². The molecule has 1 aliphatic rings. The zero-order chi connectivity index (χ0) is 10.4. The van der Waals surface area contributed by atoms with E-state index < -0.39 is 0 Å². The van der Waals surface area contributed by atoms with Crippen LogP contribution in [-0.4, -0.2) is 30.8 Å². The Balaban J connectivity index is 2.23. The van der Waals surface area contributed by atoms with Crippen LogP contribution in [0.4, 0.5) is 0 Å². The van der Waals surface area contributed by atoms with Crippen molar-refractivity contribution in [3.63, 3.8) is 0 Å². The summed E-state index contributed by atoms with van der Waals surface area (Å²) in [5.74, 6) is 0.838. The summed E-state index contributed by atoms with van der Waals surface area (Å²) >= 11 is 0. The number of hydrogen-bond acceptors (Lipinski definition) is 2. The van der Waals surface area contributed by atoms with Gasteiger partial charge in [0.2, 0.25) is 0 Å². The van der Waals surface area contributed by atoms with Crippen molar-refractivity contribution >= 4 is 5.78 Å². The van der Waals surface area contributed by atoms with Crippen molar-refractivity contribution < 1.29 is 4.79 Å². The molecule has 0 aromatic rings. The first-order valence-electron chi connectivity index (χ1n) is 5.95. The van der Waals surface area contributed by atoms with Crippen molar-refractivity contribution in [1.82, 2.24) is 4.90 Å². The first-order valence-corrected chi connectivity index (χ1v) is 5.95. The Morgan fingerprint density at radius 2 is 2.21 bits per heavy atom. The van der Waals surface area contributed by atoms with Crippen LogP contribution in [0.2, 0.25) is 0 Å². The minimum atomic E-state index is 0.339. The van der Waals surface area contributed by atoms with Crippen LogP contribution in [0.1, 0.15) is 45.4 Å². The van der Waals surface area contributed by atoms with Gasteiger partial charge in [0, 0.05) is 18.9 Å². The summed E-state index contributed by atoms with van der Waals surface area (Å²) in [4.78, 5) is 13.9. The van der Waals surface area contributed by atoms with Gasteiger partial charge in [0.15, 0.2) is 0 Å². The normalized spacial score (nSPS) is 23.1. The van der Waals surface area contributed by atoms with Crippen molar-refractivity contribution in [2.75, 3.05) is 20.1 Å². The second-order valence-electron chi connectivity index (χ2n) is 4.52. The zero-order valence-corrected chi connectivity index (χ0v) is 9.59. The summed E-state index contributed by atoms with van der Waals surface area (Å²) in [6, 6.07) is 0. The fraction of sp³-hybridized carbons (Fsp3) is 0.917. The van der Waals surface area contributed by atoms with Crippen LogP contribution in [0, 0.1) is 5.92 Å². The second kappa shape index (κ2) is 6.18. The third-order valence-electron chi connectivity index (χ3n) is 3.11. The molecule has 0 aliphatic heterocycles. The Labute approximate surface area is 87.7 Å². The summed E-state index contributed by atoms with van der Waals surface area (Å²) in [5.41, 5.74) is 0. The van der Waals surface area contributed by atoms with Crippen molar-refractivity contribution in [3.8, 4) is 0 Å². The summed E-state index contributed by atoms with van der Waals surface area (Å²) in [6.45, 7) is 4.33. The quantitative estimate of drug-likeness (QED) is 0.675. The SMILES string of the molecule is CCCCN(C)CC1CCCCC1=O. The largest absolute Gasteiger partial charge is 0.306 e. The standard InChI is InChI=1S/C12H23NO/c1-3-4-9-13(2)10-11-7-5-6-8-12(11)14/h11H,3-10H2,1-2H3. The van der Waals surface area contributed by atoms with E-state index >= 15 is 0 Å². The molecule has 0 radical (unpaired) electrons. The molecular formula is C12H23NO. The van der Waals surface area contributed by atoms with E-state index in [0.29, 0.717) is 11.7 Å². The number of Topliss-reactive ketones (excluding diaryl/α,β-unsaturated/α-hetero) is 1. The molecule has 1 unspecified atom stereocenters. The van der Waals surface area contributed by atoms with Gasteiger partial charge in [-0.3, -0.25) is 4.79 Å². The van der Waals surface area contributed by atoms with E-state index in [0.717, 1.165) is 32.4 Å². The number of unbranched alkanes of at least 4 members (excludes halogenated alkanes) is 1. The van der Waals surface area contributed by atoms with Crippen molar-refractivity contribution in [1.29, 1.82) is 0 Å². The van der Waals surface area contributed by atoms with Crippen LogP contribution >= 0.6 is 0 Å². The second-order valence-corrected chi connectivity index (χ2v) is 4.52. The molecule has 0 N–H and O–H groups in total. The monoisotopic (exact) mass is 197 g/mol. The molecule has 0 aromatic carbocycles. The lowest BCUT2D eigenvalue weighted by Gasteiger charge is -2.25. The topological polar surface area (TPSA) is 20.3 Å². The maximum absolute atomic E-state index is 11.6. The molecule has 0 aromatic heterocycles. The van der Waals surface area contributed by atoms with E-state index in [1.807, 2.05) is 0 Å². The average Bonchev–Trinajstić information content (AvgIpc) is 2.18. The van der Waals surface area contributed by atoms with E-state index in [4.69, 9.17) is 0 Å². The average molecular weight is 197 g/mol. The Hall–Kier alpha value is -0.370. The van der Waals surface area contributed by atoms with Gasteiger partial charge >= 0.3 is 0 Å². The van der Waals surface area contributed by atoms with E-state index in [2.05, 4.69) is 18.9 Å². The summed E-state index contributed by atoms with van der Waals surface area (Å²) < 4.78 is 0. The van der Waals surface area contributed by atoms with Gasteiger partial charge in [0.25, 0.3) is 0 Å². The Bertz CT molecular complexity index is 179. The molecule has 0 heterocycles. The number of carbonyl (C=O) groups excluding carboxylic acids is 1. The number of rotatable bonds is 5. The first-order chi connectivity index (χ1) is 6.74.